The van der Waals surface area contributed by atoms with E-state index < -0.39 is 0 Å². The van der Waals surface area contributed by atoms with Crippen molar-refractivity contribution in [2.75, 3.05) is 60.3 Å². The summed E-state index contributed by atoms with van der Waals surface area (Å²) in [6.45, 7) is 4.00. The molecule has 0 aromatic carbocycles. The van der Waals surface area contributed by atoms with Crippen molar-refractivity contribution in [3.8, 4) is 0 Å². The highest BCUT2D eigenvalue weighted by Gasteiger charge is 2.27. The molecular formula is C16H21N7OS2. The van der Waals surface area contributed by atoms with Gasteiger partial charge in [-0.05, 0) is 6.26 Å². The van der Waals surface area contributed by atoms with Crippen LogP contribution in [0.4, 0.5) is 11.8 Å². The van der Waals surface area contributed by atoms with E-state index in [2.05, 4.69) is 20.2 Å². The van der Waals surface area contributed by atoms with Crippen LogP contribution in [0.5, 0.6) is 0 Å². The number of aldehydes is 1. The molecule has 138 valence electrons. The van der Waals surface area contributed by atoms with Crippen molar-refractivity contribution in [3.63, 3.8) is 0 Å². The number of hydrogen-bond donors (Lipinski definition) is 1. The van der Waals surface area contributed by atoms with Gasteiger partial charge in [-0.25, -0.2) is 15.0 Å². The molecule has 2 fully saturated rings. The predicted molar refractivity (Wildman–Crippen MR) is 107 cm³/mol. The zero-order chi connectivity index (χ0) is 17.9. The van der Waals surface area contributed by atoms with Crippen LogP contribution in [-0.2, 0) is 4.79 Å². The van der Waals surface area contributed by atoms with E-state index in [1.54, 1.807) is 18.1 Å². The van der Waals surface area contributed by atoms with Crippen molar-refractivity contribution in [1.29, 1.82) is 0 Å². The van der Waals surface area contributed by atoms with E-state index in [1.807, 2.05) is 22.9 Å². The molecule has 2 aromatic heterocycles. The molecule has 4 rings (SSSR count). The van der Waals surface area contributed by atoms with Gasteiger partial charge in [0.05, 0.1) is 6.04 Å². The Labute approximate surface area is 160 Å². The van der Waals surface area contributed by atoms with Gasteiger partial charge in [-0.3, -0.25) is 0 Å². The van der Waals surface area contributed by atoms with Gasteiger partial charge in [0, 0.05) is 44.2 Å². The van der Waals surface area contributed by atoms with Gasteiger partial charge in [0.1, 0.15) is 28.7 Å². The number of hydrogen-bond acceptors (Lipinski definition) is 10. The Balaban J connectivity index is 1.86. The van der Waals surface area contributed by atoms with Gasteiger partial charge in [-0.1, -0.05) is 0 Å². The zero-order valence-corrected chi connectivity index (χ0v) is 16.2. The zero-order valence-electron chi connectivity index (χ0n) is 14.6. The lowest BCUT2D eigenvalue weighted by atomic mass is 10.2. The van der Waals surface area contributed by atoms with E-state index in [0.717, 1.165) is 59.3 Å². The molecule has 0 radical (unpaired) electrons. The van der Waals surface area contributed by atoms with Gasteiger partial charge in [0.15, 0.2) is 5.82 Å². The number of nitrogens with zero attached hydrogens (tertiary/aromatic N) is 6. The summed E-state index contributed by atoms with van der Waals surface area (Å²) in [5, 5.41) is 4.09. The molecule has 0 aliphatic carbocycles. The highest BCUT2D eigenvalue weighted by atomic mass is 32.2. The Morgan fingerprint density at radius 1 is 1.23 bits per heavy atom. The van der Waals surface area contributed by atoms with Crippen molar-refractivity contribution in [2.24, 2.45) is 0 Å². The smallest absolute Gasteiger partial charge is 0.228 e. The van der Waals surface area contributed by atoms with Crippen LogP contribution in [0, 0.1) is 0 Å². The minimum absolute atomic E-state index is 0.256. The van der Waals surface area contributed by atoms with Crippen LogP contribution in [0.3, 0.4) is 0 Å². The van der Waals surface area contributed by atoms with Crippen LogP contribution in [0.25, 0.3) is 11.0 Å². The molecule has 0 amide bonds. The fraction of sp³-hybridized carbons (Fsp3) is 0.562. The van der Waals surface area contributed by atoms with Gasteiger partial charge in [-0.15, -0.1) is 11.8 Å². The van der Waals surface area contributed by atoms with E-state index in [4.69, 9.17) is 9.97 Å². The predicted octanol–water partition coefficient (Wildman–Crippen LogP) is 0.672. The summed E-state index contributed by atoms with van der Waals surface area (Å²) >= 11 is 3.51. The van der Waals surface area contributed by atoms with Crippen LogP contribution < -0.4 is 15.1 Å². The number of thioether (sulfide) groups is 2. The Morgan fingerprint density at radius 3 is 2.85 bits per heavy atom. The van der Waals surface area contributed by atoms with Gasteiger partial charge in [0.2, 0.25) is 5.95 Å². The molecule has 1 unspecified atom stereocenters. The lowest BCUT2D eigenvalue weighted by molar-refractivity contribution is -0.109. The number of piperazine rings is 1. The first kappa shape index (κ1) is 17.7. The molecule has 26 heavy (non-hydrogen) atoms. The second-order valence-electron chi connectivity index (χ2n) is 6.13. The second-order valence-corrected chi connectivity index (χ2v) is 8.15. The van der Waals surface area contributed by atoms with E-state index >= 15 is 0 Å². The number of fused-ring (bicyclic) bond motifs is 1. The molecule has 0 saturated carbocycles. The maximum Gasteiger partial charge on any atom is 0.228 e. The largest absolute Gasteiger partial charge is 0.353 e. The molecule has 8 nitrogen and oxygen atoms in total. The average molecular weight is 392 g/mol. The molecule has 2 aliphatic heterocycles. The number of rotatable bonds is 4. The second kappa shape index (κ2) is 7.93. The SMILES string of the molecule is CSc1ncnc2c(N3CCSCC3)nc(N3CCNCC3C=O)nc12. The van der Waals surface area contributed by atoms with Crippen LogP contribution in [0.1, 0.15) is 0 Å². The summed E-state index contributed by atoms with van der Waals surface area (Å²) in [4.78, 5) is 34.3. The average Bonchev–Trinajstić information content (AvgIpc) is 2.73. The molecule has 1 atom stereocenters. The van der Waals surface area contributed by atoms with Gasteiger partial charge in [-0.2, -0.15) is 16.7 Å². The van der Waals surface area contributed by atoms with Crippen LogP contribution in [-0.4, -0.2) is 82.7 Å². The van der Waals surface area contributed by atoms with Crippen LogP contribution in [0.15, 0.2) is 11.4 Å². The molecule has 2 saturated heterocycles. The lowest BCUT2D eigenvalue weighted by Gasteiger charge is -2.34. The molecule has 2 aromatic rings. The number of anilines is 2. The van der Waals surface area contributed by atoms with E-state index in [1.165, 1.54) is 0 Å². The molecule has 1 N–H and O–H groups in total. The Morgan fingerprint density at radius 2 is 2.08 bits per heavy atom. The van der Waals surface area contributed by atoms with E-state index in [9.17, 15) is 4.79 Å². The van der Waals surface area contributed by atoms with Crippen molar-refractivity contribution < 1.29 is 4.79 Å². The number of carbonyl (C=O) groups is 1. The Hall–Kier alpha value is -1.65. The van der Waals surface area contributed by atoms with Gasteiger partial charge in [0.25, 0.3) is 0 Å². The first-order valence-electron chi connectivity index (χ1n) is 8.64. The van der Waals surface area contributed by atoms with Crippen molar-refractivity contribution in [2.45, 2.75) is 11.1 Å². The Kier molecular flexibility index (Phi) is 5.41. The third kappa shape index (κ3) is 3.33. The van der Waals surface area contributed by atoms with Crippen LogP contribution in [0.2, 0.25) is 0 Å². The molecule has 0 spiro atoms. The van der Waals surface area contributed by atoms with Gasteiger partial charge < -0.3 is 19.9 Å². The Bertz CT molecular complexity index is 800. The van der Waals surface area contributed by atoms with E-state index in [0.29, 0.717) is 19.0 Å². The fourth-order valence-electron chi connectivity index (χ4n) is 3.27. The third-order valence-electron chi connectivity index (χ3n) is 4.62. The standard InChI is InChI=1S/C16H21N7OS2/c1-25-15-13-12(18-10-19-15)14(22-4-6-26-7-5-22)21-16(20-13)23-3-2-17-8-11(23)9-24/h9-11,17H,2-8H2,1H3. The number of aromatic nitrogens is 4. The molecule has 0 bridgehead atoms. The van der Waals surface area contributed by atoms with Crippen LogP contribution >= 0.6 is 23.5 Å². The normalized spacial score (nSPS) is 21.2. The minimum Gasteiger partial charge on any atom is -0.353 e. The molecular weight excluding hydrogens is 370 g/mol. The summed E-state index contributed by atoms with van der Waals surface area (Å²) in [5.41, 5.74) is 1.55. The highest BCUT2D eigenvalue weighted by Crippen LogP contribution is 2.31. The first-order chi connectivity index (χ1) is 12.8. The monoisotopic (exact) mass is 391 g/mol. The summed E-state index contributed by atoms with van der Waals surface area (Å²) in [5.74, 6) is 3.60. The van der Waals surface area contributed by atoms with E-state index in [-0.39, 0.29) is 6.04 Å². The molecule has 2 aliphatic rings. The highest BCUT2D eigenvalue weighted by molar-refractivity contribution is 7.99. The summed E-state index contributed by atoms with van der Waals surface area (Å²) < 4.78 is 0. The first-order valence-corrected chi connectivity index (χ1v) is 11.0. The summed E-state index contributed by atoms with van der Waals surface area (Å²) in [6, 6.07) is -0.256. The number of nitrogens with one attached hydrogen (secondary N) is 1. The van der Waals surface area contributed by atoms with Crippen molar-refractivity contribution in [1.82, 2.24) is 25.3 Å². The minimum atomic E-state index is -0.256. The molecule has 4 heterocycles. The maximum atomic E-state index is 11.5. The van der Waals surface area contributed by atoms with Crippen molar-refractivity contribution >= 4 is 52.6 Å². The topological polar surface area (TPSA) is 87.1 Å². The quantitative estimate of drug-likeness (QED) is 0.456. The van der Waals surface area contributed by atoms with Crippen molar-refractivity contribution in [3.05, 3.63) is 6.33 Å². The third-order valence-corrected chi connectivity index (χ3v) is 6.25. The fourth-order valence-corrected chi connectivity index (χ4v) is 4.66. The number of carbonyl (C=O) groups excluding carboxylic acids is 1. The molecule has 10 heteroatoms. The lowest BCUT2D eigenvalue weighted by Crippen LogP contribution is -2.53. The van der Waals surface area contributed by atoms with Gasteiger partial charge >= 0.3 is 0 Å². The maximum absolute atomic E-state index is 11.5. The summed E-state index contributed by atoms with van der Waals surface area (Å²) in [6.07, 6.45) is 4.53. The summed E-state index contributed by atoms with van der Waals surface area (Å²) in [7, 11) is 0.